The van der Waals surface area contributed by atoms with Crippen LogP contribution >= 0.6 is 0 Å². The standard InChI is InChI=1S/C19H20N2O2S/c1-14-6-8-15(9-7-14)13-24(22,23)21-11-10-19-17(12-21)16-4-2-3-5-18(16)20-19/h2-9,20H,10-13H2,1H3. The zero-order valence-electron chi connectivity index (χ0n) is 13.6. The minimum atomic E-state index is -3.32. The highest BCUT2D eigenvalue weighted by atomic mass is 32.2. The summed E-state index contributed by atoms with van der Waals surface area (Å²) in [5, 5.41) is 1.13. The molecule has 4 nitrogen and oxygen atoms in total. The van der Waals surface area contributed by atoms with Crippen molar-refractivity contribution < 1.29 is 8.42 Å². The average molecular weight is 340 g/mol. The normalized spacial score (nSPS) is 15.5. The smallest absolute Gasteiger partial charge is 0.218 e. The van der Waals surface area contributed by atoms with Gasteiger partial charge in [-0.25, -0.2) is 8.42 Å². The van der Waals surface area contributed by atoms with E-state index < -0.39 is 10.0 Å². The molecule has 0 unspecified atom stereocenters. The zero-order chi connectivity index (χ0) is 16.7. The monoisotopic (exact) mass is 340 g/mol. The van der Waals surface area contributed by atoms with Crippen molar-refractivity contribution in [3.05, 3.63) is 70.9 Å². The molecular weight excluding hydrogens is 320 g/mol. The summed E-state index contributed by atoms with van der Waals surface area (Å²) in [5.74, 6) is 0.0605. The summed E-state index contributed by atoms with van der Waals surface area (Å²) in [6.45, 7) is 2.99. The largest absolute Gasteiger partial charge is 0.358 e. The molecule has 1 aromatic heterocycles. The molecule has 2 aromatic carbocycles. The Morgan fingerprint density at radius 2 is 1.83 bits per heavy atom. The van der Waals surface area contributed by atoms with E-state index in [4.69, 9.17) is 0 Å². The topological polar surface area (TPSA) is 53.2 Å². The number of aromatic amines is 1. The third kappa shape index (κ3) is 2.74. The van der Waals surface area contributed by atoms with Crippen LogP contribution < -0.4 is 0 Å². The molecule has 0 atom stereocenters. The molecule has 1 N–H and O–H groups in total. The second-order valence-electron chi connectivity index (χ2n) is 6.45. The predicted octanol–water partition coefficient (Wildman–Crippen LogP) is 3.36. The Hall–Kier alpha value is -2.11. The zero-order valence-corrected chi connectivity index (χ0v) is 14.4. The van der Waals surface area contributed by atoms with E-state index in [0.29, 0.717) is 13.1 Å². The van der Waals surface area contributed by atoms with Gasteiger partial charge < -0.3 is 4.98 Å². The lowest BCUT2D eigenvalue weighted by Crippen LogP contribution is -2.36. The number of H-pyrrole nitrogens is 1. The summed E-state index contributed by atoms with van der Waals surface area (Å²) in [6.07, 6.45) is 0.733. The van der Waals surface area contributed by atoms with Gasteiger partial charge in [-0.1, -0.05) is 48.0 Å². The SMILES string of the molecule is Cc1ccc(CS(=O)(=O)N2CCc3[nH]c4ccccc4c3C2)cc1. The van der Waals surface area contributed by atoms with Gasteiger partial charge in [-0.05, 0) is 24.1 Å². The Morgan fingerprint density at radius 1 is 1.08 bits per heavy atom. The van der Waals surface area contributed by atoms with Crippen LogP contribution in [0.4, 0.5) is 0 Å². The van der Waals surface area contributed by atoms with Crippen molar-refractivity contribution in [1.82, 2.24) is 9.29 Å². The van der Waals surface area contributed by atoms with E-state index in [-0.39, 0.29) is 5.75 Å². The van der Waals surface area contributed by atoms with E-state index in [1.54, 1.807) is 4.31 Å². The van der Waals surface area contributed by atoms with Crippen LogP contribution in [0, 0.1) is 6.92 Å². The second-order valence-corrected chi connectivity index (χ2v) is 8.42. The Labute approximate surface area is 142 Å². The molecule has 1 aliphatic rings. The third-order valence-corrected chi connectivity index (χ3v) is 6.51. The van der Waals surface area contributed by atoms with Crippen molar-refractivity contribution in [2.75, 3.05) is 6.54 Å². The lowest BCUT2D eigenvalue weighted by atomic mass is 10.1. The van der Waals surface area contributed by atoms with Crippen molar-refractivity contribution in [2.24, 2.45) is 0 Å². The number of nitrogens with one attached hydrogen (secondary N) is 1. The summed E-state index contributed by atoms with van der Waals surface area (Å²) in [7, 11) is -3.32. The number of fused-ring (bicyclic) bond motifs is 3. The fourth-order valence-electron chi connectivity index (χ4n) is 3.37. The van der Waals surface area contributed by atoms with Crippen molar-refractivity contribution in [3.63, 3.8) is 0 Å². The molecule has 0 spiro atoms. The minimum Gasteiger partial charge on any atom is -0.358 e. The van der Waals surface area contributed by atoms with Gasteiger partial charge in [0.15, 0.2) is 0 Å². The molecule has 24 heavy (non-hydrogen) atoms. The molecule has 4 rings (SSSR count). The lowest BCUT2D eigenvalue weighted by molar-refractivity contribution is 0.390. The quantitative estimate of drug-likeness (QED) is 0.795. The van der Waals surface area contributed by atoms with Gasteiger partial charge in [-0.15, -0.1) is 0 Å². The first-order valence-electron chi connectivity index (χ1n) is 8.15. The summed E-state index contributed by atoms with van der Waals surface area (Å²) >= 11 is 0. The van der Waals surface area contributed by atoms with Crippen LogP contribution in [-0.4, -0.2) is 24.3 Å². The number of rotatable bonds is 3. The van der Waals surface area contributed by atoms with Crippen LogP contribution in [0.5, 0.6) is 0 Å². The van der Waals surface area contributed by atoms with Gasteiger partial charge in [0.25, 0.3) is 0 Å². The first-order chi connectivity index (χ1) is 11.5. The van der Waals surface area contributed by atoms with E-state index in [1.807, 2.05) is 49.4 Å². The summed E-state index contributed by atoms with van der Waals surface area (Å²) < 4.78 is 27.3. The molecule has 0 fully saturated rings. The van der Waals surface area contributed by atoms with Crippen molar-refractivity contribution in [1.29, 1.82) is 0 Å². The Kier molecular flexibility index (Phi) is 3.70. The molecule has 0 saturated carbocycles. The maximum absolute atomic E-state index is 12.8. The highest BCUT2D eigenvalue weighted by Crippen LogP contribution is 2.29. The van der Waals surface area contributed by atoms with Crippen molar-refractivity contribution in [2.45, 2.75) is 25.6 Å². The predicted molar refractivity (Wildman–Crippen MR) is 96.2 cm³/mol. The maximum atomic E-state index is 12.8. The molecule has 0 bridgehead atoms. The molecule has 5 heteroatoms. The molecule has 1 aliphatic heterocycles. The van der Waals surface area contributed by atoms with E-state index in [2.05, 4.69) is 11.1 Å². The number of nitrogens with zero attached hydrogens (tertiary/aromatic N) is 1. The Balaban J connectivity index is 1.62. The number of para-hydroxylation sites is 1. The Bertz CT molecular complexity index is 988. The first kappa shape index (κ1) is 15.4. The highest BCUT2D eigenvalue weighted by molar-refractivity contribution is 7.88. The molecule has 0 amide bonds. The van der Waals surface area contributed by atoms with Gasteiger partial charge in [-0.2, -0.15) is 4.31 Å². The van der Waals surface area contributed by atoms with Gasteiger partial charge in [0.1, 0.15) is 0 Å². The van der Waals surface area contributed by atoms with E-state index in [1.165, 1.54) is 0 Å². The first-order valence-corrected chi connectivity index (χ1v) is 9.76. The Morgan fingerprint density at radius 3 is 2.62 bits per heavy atom. The minimum absolute atomic E-state index is 0.0605. The van der Waals surface area contributed by atoms with Crippen LogP contribution in [-0.2, 0) is 28.7 Å². The van der Waals surface area contributed by atoms with Gasteiger partial charge in [0, 0.05) is 36.1 Å². The summed E-state index contributed by atoms with van der Waals surface area (Å²) in [6, 6.07) is 15.8. The number of hydrogen-bond donors (Lipinski definition) is 1. The average Bonchev–Trinajstić information content (AvgIpc) is 2.94. The number of aromatic nitrogens is 1. The molecule has 124 valence electrons. The number of benzene rings is 2. The molecule has 3 aromatic rings. The van der Waals surface area contributed by atoms with Gasteiger partial charge in [-0.3, -0.25) is 0 Å². The van der Waals surface area contributed by atoms with Crippen LogP contribution in [0.1, 0.15) is 22.4 Å². The second kappa shape index (κ2) is 5.76. The van der Waals surface area contributed by atoms with Crippen molar-refractivity contribution in [3.8, 4) is 0 Å². The van der Waals surface area contributed by atoms with Crippen LogP contribution in [0.25, 0.3) is 10.9 Å². The van der Waals surface area contributed by atoms with Gasteiger partial charge in [0.2, 0.25) is 10.0 Å². The summed E-state index contributed by atoms with van der Waals surface area (Å²) in [5.41, 5.74) is 5.34. The van der Waals surface area contributed by atoms with Crippen LogP contribution in [0.15, 0.2) is 48.5 Å². The fourth-order valence-corrected chi connectivity index (χ4v) is 4.86. The summed E-state index contributed by atoms with van der Waals surface area (Å²) in [4.78, 5) is 3.42. The van der Waals surface area contributed by atoms with E-state index >= 15 is 0 Å². The van der Waals surface area contributed by atoms with Crippen LogP contribution in [0.2, 0.25) is 0 Å². The molecular formula is C19H20N2O2S. The molecule has 0 saturated heterocycles. The number of sulfonamides is 1. The molecule has 0 radical (unpaired) electrons. The number of hydrogen-bond acceptors (Lipinski definition) is 2. The molecule has 2 heterocycles. The number of aryl methyl sites for hydroxylation is 1. The lowest BCUT2D eigenvalue weighted by Gasteiger charge is -2.26. The maximum Gasteiger partial charge on any atom is 0.218 e. The fraction of sp³-hybridized carbons (Fsp3) is 0.263. The molecule has 0 aliphatic carbocycles. The van der Waals surface area contributed by atoms with Crippen molar-refractivity contribution >= 4 is 20.9 Å². The van der Waals surface area contributed by atoms with Gasteiger partial charge in [0.05, 0.1) is 5.75 Å². The van der Waals surface area contributed by atoms with E-state index in [9.17, 15) is 8.42 Å². The highest BCUT2D eigenvalue weighted by Gasteiger charge is 2.28. The van der Waals surface area contributed by atoms with Crippen LogP contribution in [0.3, 0.4) is 0 Å². The third-order valence-electron chi connectivity index (χ3n) is 4.71. The van der Waals surface area contributed by atoms with Gasteiger partial charge >= 0.3 is 0 Å². The van der Waals surface area contributed by atoms with E-state index in [0.717, 1.165) is 39.7 Å².